The van der Waals surface area contributed by atoms with Crippen molar-refractivity contribution < 1.29 is 4.79 Å². The lowest BCUT2D eigenvalue weighted by Gasteiger charge is -2.34. The second-order valence-electron chi connectivity index (χ2n) is 6.69. The van der Waals surface area contributed by atoms with E-state index in [0.29, 0.717) is 6.42 Å². The summed E-state index contributed by atoms with van der Waals surface area (Å²) in [6.07, 6.45) is 0.503. The molecule has 22 heavy (non-hydrogen) atoms. The average molecular weight is 311 g/mol. The van der Waals surface area contributed by atoms with Gasteiger partial charge >= 0.3 is 0 Å². The molecule has 2 aromatic rings. The minimum atomic E-state index is -0.327. The van der Waals surface area contributed by atoms with Gasteiger partial charge in [-0.1, -0.05) is 60.7 Å². The van der Waals surface area contributed by atoms with Crippen LogP contribution in [0.5, 0.6) is 0 Å². The molecular formula is C19H21NOS. The fraction of sp³-hybridized carbons (Fsp3) is 0.316. The van der Waals surface area contributed by atoms with E-state index in [1.165, 1.54) is 11.1 Å². The van der Waals surface area contributed by atoms with E-state index >= 15 is 0 Å². The van der Waals surface area contributed by atoms with Gasteiger partial charge in [0.1, 0.15) is 0 Å². The fourth-order valence-corrected chi connectivity index (χ4v) is 4.35. The summed E-state index contributed by atoms with van der Waals surface area (Å²) in [7, 11) is 0. The van der Waals surface area contributed by atoms with E-state index in [1.54, 1.807) is 11.9 Å². The third-order valence-electron chi connectivity index (χ3n) is 3.96. The number of nitrogens with zero attached hydrogens (tertiary/aromatic N) is 1. The number of rotatable bonds is 2. The quantitative estimate of drug-likeness (QED) is 0.755. The smallest absolute Gasteiger partial charge is 0.235 e. The first-order chi connectivity index (χ1) is 10.4. The van der Waals surface area contributed by atoms with Crippen LogP contribution in [0, 0.1) is 0 Å². The van der Waals surface area contributed by atoms with Gasteiger partial charge in [0.15, 0.2) is 0 Å². The topological polar surface area (TPSA) is 20.3 Å². The van der Waals surface area contributed by atoms with E-state index in [1.807, 2.05) is 40.7 Å². The molecule has 0 radical (unpaired) electrons. The summed E-state index contributed by atoms with van der Waals surface area (Å²) < 4.78 is 1.61. The zero-order valence-corrected chi connectivity index (χ0v) is 14.1. The first-order valence-corrected chi connectivity index (χ1v) is 8.34. The summed E-state index contributed by atoms with van der Waals surface area (Å²) in [4.78, 5) is 12.7. The van der Waals surface area contributed by atoms with Crippen molar-refractivity contribution in [3.05, 3.63) is 71.8 Å². The summed E-state index contributed by atoms with van der Waals surface area (Å²) in [5.41, 5.74) is 2.19. The molecule has 2 aromatic carbocycles. The second kappa shape index (κ2) is 5.47. The molecule has 1 heterocycles. The molecule has 0 spiro atoms. The van der Waals surface area contributed by atoms with Crippen LogP contribution in [0.3, 0.4) is 0 Å². The molecule has 1 aliphatic heterocycles. The Kier molecular flexibility index (Phi) is 3.77. The molecule has 1 aliphatic rings. The number of hydrogen-bond donors (Lipinski definition) is 0. The number of benzene rings is 2. The molecule has 0 saturated carbocycles. The Morgan fingerprint density at radius 2 is 1.36 bits per heavy atom. The molecule has 1 amide bonds. The molecule has 0 N–H and O–H groups in total. The third kappa shape index (κ3) is 2.54. The Bertz CT molecular complexity index is 621. The number of carbonyl (C=O) groups is 1. The molecule has 0 aromatic heterocycles. The van der Waals surface area contributed by atoms with Crippen molar-refractivity contribution in [1.82, 2.24) is 4.31 Å². The zero-order valence-electron chi connectivity index (χ0n) is 13.2. The molecule has 3 heteroatoms. The fourth-order valence-electron chi connectivity index (χ4n) is 2.93. The van der Waals surface area contributed by atoms with Crippen molar-refractivity contribution in [2.75, 3.05) is 0 Å². The lowest BCUT2D eigenvalue weighted by molar-refractivity contribution is -0.127. The van der Waals surface area contributed by atoms with Gasteiger partial charge < -0.3 is 0 Å². The van der Waals surface area contributed by atoms with E-state index in [0.717, 1.165) is 0 Å². The van der Waals surface area contributed by atoms with Crippen molar-refractivity contribution in [3.8, 4) is 0 Å². The highest BCUT2D eigenvalue weighted by Gasteiger charge is 2.49. The van der Waals surface area contributed by atoms with E-state index < -0.39 is 0 Å². The lowest BCUT2D eigenvalue weighted by Crippen LogP contribution is -2.37. The van der Waals surface area contributed by atoms with E-state index in [4.69, 9.17) is 0 Å². The lowest BCUT2D eigenvalue weighted by atomic mass is 9.87. The summed E-state index contributed by atoms with van der Waals surface area (Å²) in [5.74, 6) is 0.199. The Morgan fingerprint density at radius 1 is 0.909 bits per heavy atom. The zero-order chi connectivity index (χ0) is 15.8. The Balaban J connectivity index is 2.13. The van der Waals surface area contributed by atoms with Crippen LogP contribution >= 0.6 is 11.9 Å². The van der Waals surface area contributed by atoms with Crippen molar-refractivity contribution in [2.24, 2.45) is 0 Å². The third-order valence-corrected chi connectivity index (χ3v) is 5.82. The van der Waals surface area contributed by atoms with Crippen LogP contribution in [0.15, 0.2) is 60.7 Å². The molecule has 114 valence electrons. The number of hydrogen-bond acceptors (Lipinski definition) is 2. The number of amides is 1. The maximum Gasteiger partial charge on any atom is 0.235 e. The van der Waals surface area contributed by atoms with Crippen LogP contribution in [0.25, 0.3) is 0 Å². The largest absolute Gasteiger partial charge is 0.280 e. The first-order valence-electron chi connectivity index (χ1n) is 7.57. The van der Waals surface area contributed by atoms with Crippen LogP contribution in [0.4, 0.5) is 0 Å². The highest BCUT2D eigenvalue weighted by molar-refractivity contribution is 7.99. The molecule has 0 aliphatic carbocycles. The van der Waals surface area contributed by atoms with Gasteiger partial charge in [-0.15, -0.1) is 0 Å². The molecule has 2 nitrogen and oxygen atoms in total. The maximum atomic E-state index is 12.7. The van der Waals surface area contributed by atoms with Gasteiger partial charge in [-0.25, -0.2) is 0 Å². The molecule has 3 rings (SSSR count). The summed E-state index contributed by atoms with van der Waals surface area (Å²) in [6, 6.07) is 20.7. The normalized spacial score (nSPS) is 17.8. The average Bonchev–Trinajstić information content (AvgIpc) is 2.88. The maximum absolute atomic E-state index is 12.7. The van der Waals surface area contributed by atoms with Gasteiger partial charge in [0.05, 0.1) is 11.2 Å². The van der Waals surface area contributed by atoms with Gasteiger partial charge in [-0.2, -0.15) is 0 Å². The van der Waals surface area contributed by atoms with Crippen LogP contribution in [0.2, 0.25) is 0 Å². The Labute approximate surface area is 136 Å². The van der Waals surface area contributed by atoms with Gasteiger partial charge in [0, 0.05) is 5.54 Å². The van der Waals surface area contributed by atoms with Crippen LogP contribution < -0.4 is 0 Å². The molecule has 0 unspecified atom stereocenters. The minimum Gasteiger partial charge on any atom is -0.280 e. The molecule has 1 saturated heterocycles. The standard InChI is InChI=1S/C19H21NOS/c1-18(2,3)20-17(21)14-19(22-20,15-10-6-4-7-11-15)16-12-8-5-9-13-16/h4-13H,14H2,1-3H3. The van der Waals surface area contributed by atoms with Crippen molar-refractivity contribution in [2.45, 2.75) is 37.5 Å². The molecule has 0 atom stereocenters. The van der Waals surface area contributed by atoms with Gasteiger partial charge in [0.2, 0.25) is 5.91 Å². The first kappa shape index (κ1) is 15.2. The second-order valence-corrected chi connectivity index (χ2v) is 7.93. The molecule has 0 bridgehead atoms. The highest BCUT2D eigenvalue weighted by atomic mass is 32.2. The predicted octanol–water partition coefficient (Wildman–Crippen LogP) is 4.61. The SMILES string of the molecule is CC(C)(C)N1SC(c2ccccc2)(c2ccccc2)CC1=O. The van der Waals surface area contributed by atoms with E-state index in [-0.39, 0.29) is 16.2 Å². The van der Waals surface area contributed by atoms with Crippen molar-refractivity contribution in [1.29, 1.82) is 0 Å². The molecular weight excluding hydrogens is 290 g/mol. The Hall–Kier alpha value is -1.74. The van der Waals surface area contributed by atoms with Crippen molar-refractivity contribution in [3.63, 3.8) is 0 Å². The summed E-state index contributed by atoms with van der Waals surface area (Å²) >= 11 is 1.66. The summed E-state index contributed by atoms with van der Waals surface area (Å²) in [5, 5.41) is 0. The van der Waals surface area contributed by atoms with E-state index in [9.17, 15) is 4.79 Å². The highest BCUT2D eigenvalue weighted by Crippen LogP contribution is 2.54. The summed E-state index contributed by atoms with van der Waals surface area (Å²) in [6.45, 7) is 6.26. The van der Waals surface area contributed by atoms with Crippen LogP contribution in [-0.4, -0.2) is 15.8 Å². The van der Waals surface area contributed by atoms with Crippen LogP contribution in [0.1, 0.15) is 38.3 Å². The Morgan fingerprint density at radius 3 is 1.73 bits per heavy atom. The van der Waals surface area contributed by atoms with Gasteiger partial charge in [0.25, 0.3) is 0 Å². The minimum absolute atomic E-state index is 0.187. The van der Waals surface area contributed by atoms with Crippen molar-refractivity contribution >= 4 is 17.9 Å². The van der Waals surface area contributed by atoms with Gasteiger partial charge in [-0.05, 0) is 43.8 Å². The monoisotopic (exact) mass is 311 g/mol. The molecule has 1 fully saturated rings. The predicted molar refractivity (Wildman–Crippen MR) is 92.5 cm³/mol. The van der Waals surface area contributed by atoms with Crippen LogP contribution in [-0.2, 0) is 9.54 Å². The van der Waals surface area contributed by atoms with E-state index in [2.05, 4.69) is 45.0 Å². The number of carbonyl (C=O) groups excluding carboxylic acids is 1. The van der Waals surface area contributed by atoms with Gasteiger partial charge in [-0.3, -0.25) is 9.10 Å².